The highest BCUT2D eigenvalue weighted by atomic mass is 16.5. The van der Waals surface area contributed by atoms with Gasteiger partial charge in [-0.1, -0.05) is 0 Å². The van der Waals surface area contributed by atoms with Gasteiger partial charge in [0.25, 0.3) is 0 Å². The minimum absolute atomic E-state index is 0.00665. The molecule has 0 radical (unpaired) electrons. The van der Waals surface area contributed by atoms with E-state index < -0.39 is 0 Å². The van der Waals surface area contributed by atoms with E-state index in [0.29, 0.717) is 24.3 Å². The number of benzene rings is 1. The van der Waals surface area contributed by atoms with Gasteiger partial charge in [0.15, 0.2) is 0 Å². The van der Waals surface area contributed by atoms with Gasteiger partial charge in [0, 0.05) is 44.8 Å². The van der Waals surface area contributed by atoms with Crippen molar-refractivity contribution in [3.63, 3.8) is 0 Å². The molecule has 0 unspecified atom stereocenters. The molecule has 1 saturated heterocycles. The van der Waals surface area contributed by atoms with Crippen molar-refractivity contribution in [1.82, 2.24) is 9.80 Å². The first-order valence-corrected chi connectivity index (χ1v) is 8.06. The quantitative estimate of drug-likeness (QED) is 0.804. The second-order valence-corrected chi connectivity index (χ2v) is 5.74. The Hall–Kier alpha value is -1.92. The van der Waals surface area contributed by atoms with E-state index in [0.717, 1.165) is 32.7 Å². The number of rotatable bonds is 6. The van der Waals surface area contributed by atoms with Gasteiger partial charge in [0.1, 0.15) is 0 Å². The Morgan fingerprint density at radius 1 is 1.13 bits per heavy atom. The number of esters is 1. The monoisotopic (exact) mass is 319 g/mol. The summed E-state index contributed by atoms with van der Waals surface area (Å²) in [5.74, 6) is -0.353. The van der Waals surface area contributed by atoms with Crippen LogP contribution in [0.5, 0.6) is 0 Å². The molecule has 0 atom stereocenters. The molecule has 1 amide bonds. The van der Waals surface area contributed by atoms with Crippen LogP contribution in [0.4, 0.5) is 5.69 Å². The summed E-state index contributed by atoms with van der Waals surface area (Å²) in [6, 6.07) is 6.77. The minimum Gasteiger partial charge on any atom is -0.462 e. The maximum atomic E-state index is 12.0. The molecule has 0 aromatic heterocycles. The van der Waals surface area contributed by atoms with Crippen molar-refractivity contribution in [2.24, 2.45) is 0 Å². The van der Waals surface area contributed by atoms with Gasteiger partial charge in [0.05, 0.1) is 12.2 Å². The summed E-state index contributed by atoms with van der Waals surface area (Å²) in [7, 11) is 2.12. The molecule has 0 spiro atoms. The van der Waals surface area contributed by atoms with Gasteiger partial charge in [-0.05, 0) is 38.2 Å². The molecule has 6 heteroatoms. The molecule has 23 heavy (non-hydrogen) atoms. The fourth-order valence-corrected chi connectivity index (χ4v) is 2.46. The van der Waals surface area contributed by atoms with Crippen LogP contribution in [0.1, 0.15) is 23.7 Å². The number of carbonyl (C=O) groups excluding carboxylic acids is 2. The molecule has 1 aromatic rings. The Balaban J connectivity index is 1.75. The van der Waals surface area contributed by atoms with Crippen molar-refractivity contribution in [3.8, 4) is 0 Å². The fourth-order valence-electron chi connectivity index (χ4n) is 2.46. The molecule has 1 aliphatic rings. The number of likely N-dealkylation sites (N-methyl/N-ethyl adjacent to an activating group) is 1. The Bertz CT molecular complexity index is 522. The number of carbonyl (C=O) groups is 2. The summed E-state index contributed by atoms with van der Waals surface area (Å²) in [6.45, 7) is 7.03. The van der Waals surface area contributed by atoms with E-state index in [1.54, 1.807) is 31.2 Å². The van der Waals surface area contributed by atoms with Crippen LogP contribution in [-0.4, -0.2) is 68.1 Å². The van der Waals surface area contributed by atoms with E-state index in [1.807, 2.05) is 0 Å². The molecule has 1 N–H and O–H groups in total. The molecular formula is C17H25N3O3. The van der Waals surface area contributed by atoms with Crippen molar-refractivity contribution in [2.75, 3.05) is 51.7 Å². The maximum absolute atomic E-state index is 12.0. The number of amides is 1. The molecule has 0 saturated carbocycles. The number of nitrogens with one attached hydrogen (secondary N) is 1. The number of hydrogen-bond donors (Lipinski definition) is 1. The van der Waals surface area contributed by atoms with Crippen molar-refractivity contribution < 1.29 is 14.3 Å². The van der Waals surface area contributed by atoms with Crippen molar-refractivity contribution in [1.29, 1.82) is 0 Å². The van der Waals surface area contributed by atoms with E-state index in [1.165, 1.54) is 0 Å². The van der Waals surface area contributed by atoms with E-state index in [-0.39, 0.29) is 11.9 Å². The van der Waals surface area contributed by atoms with Crippen molar-refractivity contribution in [2.45, 2.75) is 13.3 Å². The van der Waals surface area contributed by atoms with Crippen LogP contribution in [0, 0.1) is 0 Å². The zero-order chi connectivity index (χ0) is 16.7. The molecule has 6 nitrogen and oxygen atoms in total. The standard InChI is InChI=1S/C17H25N3O3/c1-3-23-17(22)14-4-6-15(7-5-14)18-16(21)8-9-20-12-10-19(2)11-13-20/h4-7H,3,8-13H2,1-2H3,(H,18,21). The largest absolute Gasteiger partial charge is 0.462 e. The molecule has 1 fully saturated rings. The first-order valence-electron chi connectivity index (χ1n) is 8.06. The van der Waals surface area contributed by atoms with Gasteiger partial charge in [-0.3, -0.25) is 4.79 Å². The van der Waals surface area contributed by atoms with Crippen LogP contribution in [-0.2, 0) is 9.53 Å². The molecule has 126 valence electrons. The zero-order valence-electron chi connectivity index (χ0n) is 13.9. The van der Waals surface area contributed by atoms with Crippen LogP contribution in [0.15, 0.2) is 24.3 Å². The van der Waals surface area contributed by atoms with E-state index in [4.69, 9.17) is 4.74 Å². The molecule has 1 aromatic carbocycles. The molecule has 0 bridgehead atoms. The Morgan fingerprint density at radius 3 is 2.39 bits per heavy atom. The lowest BCUT2D eigenvalue weighted by Gasteiger charge is -2.32. The van der Waals surface area contributed by atoms with Crippen molar-refractivity contribution >= 4 is 17.6 Å². The van der Waals surface area contributed by atoms with Crippen LogP contribution >= 0.6 is 0 Å². The predicted octanol–water partition coefficient (Wildman–Crippen LogP) is 1.44. The predicted molar refractivity (Wildman–Crippen MR) is 89.6 cm³/mol. The highest BCUT2D eigenvalue weighted by molar-refractivity contribution is 5.93. The molecule has 2 rings (SSSR count). The Kier molecular flexibility index (Phi) is 6.55. The molecule has 1 aliphatic heterocycles. The fraction of sp³-hybridized carbons (Fsp3) is 0.529. The lowest BCUT2D eigenvalue weighted by Crippen LogP contribution is -2.45. The third-order valence-electron chi connectivity index (χ3n) is 3.93. The normalized spacial score (nSPS) is 16.1. The number of ether oxygens (including phenoxy) is 1. The highest BCUT2D eigenvalue weighted by Crippen LogP contribution is 2.11. The summed E-state index contributed by atoms with van der Waals surface area (Å²) in [6.07, 6.45) is 0.476. The first-order chi connectivity index (χ1) is 11.1. The summed E-state index contributed by atoms with van der Waals surface area (Å²) < 4.78 is 4.93. The number of nitrogens with zero attached hydrogens (tertiary/aromatic N) is 2. The van der Waals surface area contributed by atoms with Gasteiger partial charge in [-0.25, -0.2) is 4.79 Å². The lowest BCUT2D eigenvalue weighted by atomic mass is 10.2. The Labute approximate surface area is 137 Å². The van der Waals surface area contributed by atoms with Gasteiger partial charge < -0.3 is 19.9 Å². The van der Waals surface area contributed by atoms with Crippen LogP contribution in [0.2, 0.25) is 0 Å². The second-order valence-electron chi connectivity index (χ2n) is 5.74. The summed E-state index contributed by atoms with van der Waals surface area (Å²) in [4.78, 5) is 28.2. The van der Waals surface area contributed by atoms with Crippen LogP contribution < -0.4 is 5.32 Å². The topological polar surface area (TPSA) is 61.9 Å². The average molecular weight is 319 g/mol. The number of piperazine rings is 1. The maximum Gasteiger partial charge on any atom is 0.338 e. The van der Waals surface area contributed by atoms with E-state index >= 15 is 0 Å². The Morgan fingerprint density at radius 2 is 1.78 bits per heavy atom. The summed E-state index contributed by atoms with van der Waals surface area (Å²) >= 11 is 0. The number of hydrogen-bond acceptors (Lipinski definition) is 5. The second kappa shape index (κ2) is 8.64. The van der Waals surface area contributed by atoms with Crippen LogP contribution in [0.25, 0.3) is 0 Å². The average Bonchev–Trinajstić information content (AvgIpc) is 2.55. The van der Waals surface area contributed by atoms with E-state index in [2.05, 4.69) is 22.2 Å². The van der Waals surface area contributed by atoms with Gasteiger partial charge >= 0.3 is 5.97 Å². The van der Waals surface area contributed by atoms with E-state index in [9.17, 15) is 9.59 Å². The lowest BCUT2D eigenvalue weighted by molar-refractivity contribution is -0.116. The minimum atomic E-state index is -0.347. The van der Waals surface area contributed by atoms with Gasteiger partial charge in [0.2, 0.25) is 5.91 Å². The SMILES string of the molecule is CCOC(=O)c1ccc(NC(=O)CCN2CCN(C)CC2)cc1. The zero-order valence-corrected chi connectivity index (χ0v) is 13.9. The summed E-state index contributed by atoms with van der Waals surface area (Å²) in [5.41, 5.74) is 1.18. The molecular weight excluding hydrogens is 294 g/mol. The summed E-state index contributed by atoms with van der Waals surface area (Å²) in [5, 5.41) is 2.86. The smallest absolute Gasteiger partial charge is 0.338 e. The molecule has 1 heterocycles. The third kappa shape index (κ3) is 5.65. The van der Waals surface area contributed by atoms with Crippen LogP contribution in [0.3, 0.4) is 0 Å². The van der Waals surface area contributed by atoms with Gasteiger partial charge in [-0.15, -0.1) is 0 Å². The molecule has 0 aliphatic carbocycles. The highest BCUT2D eigenvalue weighted by Gasteiger charge is 2.14. The third-order valence-corrected chi connectivity index (χ3v) is 3.93. The van der Waals surface area contributed by atoms with Gasteiger partial charge in [-0.2, -0.15) is 0 Å². The number of anilines is 1. The van der Waals surface area contributed by atoms with Crippen molar-refractivity contribution in [3.05, 3.63) is 29.8 Å². The first kappa shape index (κ1) is 17.4.